The molecule has 1 aliphatic heterocycles. The van der Waals surface area contributed by atoms with Crippen LogP contribution in [0.1, 0.15) is 12.8 Å². The van der Waals surface area contributed by atoms with Crippen molar-refractivity contribution >= 4 is 27.8 Å². The lowest BCUT2D eigenvalue weighted by molar-refractivity contribution is 0.300. The van der Waals surface area contributed by atoms with Crippen LogP contribution >= 0.6 is 11.8 Å². The van der Waals surface area contributed by atoms with Gasteiger partial charge in [-0.15, -0.1) is 0 Å². The molecule has 7 nitrogen and oxygen atoms in total. The highest BCUT2D eigenvalue weighted by Crippen LogP contribution is 2.35. The Labute approximate surface area is 99.0 Å². The predicted octanol–water partition coefficient (Wildman–Crippen LogP) is -0.866. The molecule has 0 unspecified atom stereocenters. The van der Waals surface area contributed by atoms with Crippen LogP contribution in [0.2, 0.25) is 0 Å². The van der Waals surface area contributed by atoms with Gasteiger partial charge in [-0.3, -0.25) is 0 Å². The zero-order valence-electron chi connectivity index (χ0n) is 8.96. The van der Waals surface area contributed by atoms with Gasteiger partial charge in [0.1, 0.15) is 0 Å². The summed E-state index contributed by atoms with van der Waals surface area (Å²) in [6, 6.07) is 0. The van der Waals surface area contributed by atoms with Gasteiger partial charge in [-0.25, -0.2) is 5.14 Å². The van der Waals surface area contributed by atoms with Crippen molar-refractivity contribution in [3.8, 4) is 0 Å². The fourth-order valence-corrected chi connectivity index (χ4v) is 3.29. The highest BCUT2D eigenvalue weighted by molar-refractivity contribution is 8.00. The monoisotopic (exact) mass is 268 g/mol. The van der Waals surface area contributed by atoms with Crippen molar-refractivity contribution in [2.45, 2.75) is 17.6 Å². The minimum Gasteiger partial charge on any atom is -0.409 e. The van der Waals surface area contributed by atoms with Gasteiger partial charge in [0.15, 0.2) is 5.84 Å². The zero-order chi connectivity index (χ0) is 12.4. The number of nitrogens with two attached hydrogens (primary N) is 2. The van der Waals surface area contributed by atoms with E-state index in [2.05, 4.69) is 5.16 Å². The van der Waals surface area contributed by atoms with Gasteiger partial charge in [0, 0.05) is 13.1 Å². The quantitative estimate of drug-likeness (QED) is 0.266. The highest BCUT2D eigenvalue weighted by atomic mass is 32.2. The van der Waals surface area contributed by atoms with Crippen molar-refractivity contribution in [1.29, 1.82) is 0 Å². The Balaban J connectivity index is 2.80. The largest absolute Gasteiger partial charge is 0.409 e. The molecule has 1 heterocycles. The molecule has 94 valence electrons. The summed E-state index contributed by atoms with van der Waals surface area (Å²) in [7, 11) is -3.64. The van der Waals surface area contributed by atoms with Crippen LogP contribution in [0, 0.1) is 0 Å². The lowest BCUT2D eigenvalue weighted by atomic mass is 9.96. The van der Waals surface area contributed by atoms with E-state index in [-0.39, 0.29) is 18.9 Å². The van der Waals surface area contributed by atoms with E-state index in [1.165, 1.54) is 16.1 Å². The van der Waals surface area contributed by atoms with Crippen LogP contribution in [-0.2, 0) is 10.2 Å². The van der Waals surface area contributed by atoms with E-state index in [9.17, 15) is 8.42 Å². The molecule has 1 saturated heterocycles. The Morgan fingerprint density at radius 2 is 2.00 bits per heavy atom. The summed E-state index contributed by atoms with van der Waals surface area (Å²) < 4.78 is 22.9. The van der Waals surface area contributed by atoms with Gasteiger partial charge >= 0.3 is 0 Å². The Bertz CT molecular complexity index is 373. The summed E-state index contributed by atoms with van der Waals surface area (Å²) in [6.45, 7) is 0.575. The highest BCUT2D eigenvalue weighted by Gasteiger charge is 2.40. The van der Waals surface area contributed by atoms with Crippen LogP contribution in [0.4, 0.5) is 0 Å². The lowest BCUT2D eigenvalue weighted by Gasteiger charge is -2.38. The van der Waals surface area contributed by atoms with E-state index in [0.29, 0.717) is 12.8 Å². The molecule has 0 amide bonds. The Kier molecular flexibility index (Phi) is 4.05. The molecule has 1 rings (SSSR count). The number of hydrogen-bond acceptors (Lipinski definition) is 5. The molecule has 0 aromatic rings. The standard InChI is InChI=1S/C7H16N4O3S2/c1-15-7(6(8)10-12)2-4-11(5-3-7)16(9,13)14/h12H,2-5H2,1H3,(H2,8,10)(H2,9,13,14). The molecule has 9 heteroatoms. The summed E-state index contributed by atoms with van der Waals surface area (Å²) in [5.41, 5.74) is 5.63. The van der Waals surface area contributed by atoms with Gasteiger partial charge in [0.2, 0.25) is 0 Å². The number of oxime groups is 1. The third-order valence-corrected chi connectivity index (χ3v) is 5.34. The Hall–Kier alpha value is -0.510. The first-order chi connectivity index (χ1) is 7.35. The Morgan fingerprint density at radius 3 is 2.31 bits per heavy atom. The minimum atomic E-state index is -3.64. The smallest absolute Gasteiger partial charge is 0.276 e. The van der Waals surface area contributed by atoms with Crippen LogP contribution in [-0.4, -0.2) is 47.9 Å². The molecule has 5 N–H and O–H groups in total. The van der Waals surface area contributed by atoms with Gasteiger partial charge in [-0.05, 0) is 19.1 Å². The third kappa shape index (κ3) is 2.59. The average molecular weight is 268 g/mol. The van der Waals surface area contributed by atoms with E-state index in [0.717, 1.165) is 0 Å². The summed E-state index contributed by atoms with van der Waals surface area (Å²) >= 11 is 1.46. The maximum absolute atomic E-state index is 11.1. The van der Waals surface area contributed by atoms with Crippen molar-refractivity contribution < 1.29 is 13.6 Å². The second-order valence-electron chi connectivity index (χ2n) is 3.63. The van der Waals surface area contributed by atoms with Crippen LogP contribution in [0.15, 0.2) is 5.16 Å². The number of thioether (sulfide) groups is 1. The Morgan fingerprint density at radius 1 is 1.50 bits per heavy atom. The van der Waals surface area contributed by atoms with Crippen LogP contribution in [0.25, 0.3) is 0 Å². The van der Waals surface area contributed by atoms with E-state index in [1.54, 1.807) is 0 Å². The molecule has 0 aromatic heterocycles. The van der Waals surface area contributed by atoms with E-state index < -0.39 is 15.0 Å². The molecule has 0 aromatic carbocycles. The molecule has 16 heavy (non-hydrogen) atoms. The summed E-state index contributed by atoms with van der Waals surface area (Å²) in [4.78, 5) is 0. The van der Waals surface area contributed by atoms with Crippen molar-refractivity contribution in [1.82, 2.24) is 4.31 Å². The van der Waals surface area contributed by atoms with Crippen molar-refractivity contribution in [2.24, 2.45) is 16.0 Å². The molecule has 0 spiro atoms. The first-order valence-corrected chi connectivity index (χ1v) is 7.39. The van der Waals surface area contributed by atoms with E-state index in [4.69, 9.17) is 16.1 Å². The van der Waals surface area contributed by atoms with Crippen molar-refractivity contribution in [3.63, 3.8) is 0 Å². The topological polar surface area (TPSA) is 122 Å². The van der Waals surface area contributed by atoms with Crippen molar-refractivity contribution in [3.05, 3.63) is 0 Å². The van der Waals surface area contributed by atoms with Gasteiger partial charge in [-0.2, -0.15) is 24.5 Å². The molecule has 0 radical (unpaired) electrons. The maximum Gasteiger partial charge on any atom is 0.276 e. The number of piperidine rings is 1. The fourth-order valence-electron chi connectivity index (χ4n) is 1.76. The summed E-state index contributed by atoms with van der Waals surface area (Å²) in [5.74, 6) is 0.133. The van der Waals surface area contributed by atoms with Gasteiger partial charge in [0.05, 0.1) is 4.75 Å². The second kappa shape index (κ2) is 4.78. The molecule has 0 saturated carbocycles. The maximum atomic E-state index is 11.1. The van der Waals surface area contributed by atoms with Gasteiger partial charge in [0.25, 0.3) is 10.2 Å². The third-order valence-electron chi connectivity index (χ3n) is 2.86. The molecule has 1 aliphatic rings. The first-order valence-electron chi connectivity index (χ1n) is 4.67. The van der Waals surface area contributed by atoms with E-state index >= 15 is 0 Å². The molecule has 0 bridgehead atoms. The molecule has 1 fully saturated rings. The molecule has 0 atom stereocenters. The molecular weight excluding hydrogens is 252 g/mol. The van der Waals surface area contributed by atoms with Gasteiger partial charge < -0.3 is 10.9 Å². The zero-order valence-corrected chi connectivity index (χ0v) is 10.6. The number of hydrogen-bond donors (Lipinski definition) is 3. The lowest BCUT2D eigenvalue weighted by Crippen LogP contribution is -2.52. The first kappa shape index (κ1) is 13.6. The normalized spacial score (nSPS) is 23.2. The SMILES string of the molecule is CSC1(C(N)=NO)CCN(S(N)(=O)=O)CC1. The minimum absolute atomic E-state index is 0.133. The number of rotatable bonds is 3. The van der Waals surface area contributed by atoms with Crippen LogP contribution < -0.4 is 10.9 Å². The number of nitrogens with zero attached hydrogens (tertiary/aromatic N) is 2. The number of amidine groups is 1. The summed E-state index contributed by atoms with van der Waals surface area (Å²) in [6.07, 6.45) is 2.83. The molecular formula is C7H16N4O3S2. The fraction of sp³-hybridized carbons (Fsp3) is 0.857. The summed E-state index contributed by atoms with van der Waals surface area (Å²) in [5, 5.41) is 16.7. The van der Waals surface area contributed by atoms with Crippen molar-refractivity contribution in [2.75, 3.05) is 19.3 Å². The predicted molar refractivity (Wildman–Crippen MR) is 63.6 cm³/mol. The average Bonchev–Trinajstić information content (AvgIpc) is 2.26. The van der Waals surface area contributed by atoms with Crippen LogP contribution in [0.5, 0.6) is 0 Å². The molecule has 0 aliphatic carbocycles. The van der Waals surface area contributed by atoms with E-state index in [1.807, 2.05) is 6.26 Å². The van der Waals surface area contributed by atoms with Crippen LogP contribution in [0.3, 0.4) is 0 Å². The second-order valence-corrected chi connectivity index (χ2v) is 6.36. The van der Waals surface area contributed by atoms with Gasteiger partial charge in [-0.1, -0.05) is 5.16 Å².